The summed E-state index contributed by atoms with van der Waals surface area (Å²) in [7, 11) is 0. The molecular formula is C14H20ClFN2O. The normalized spacial score (nSPS) is 25.3. The van der Waals surface area contributed by atoms with Crippen LogP contribution in [-0.2, 0) is 11.2 Å². The topological polar surface area (TPSA) is 47.3 Å². The summed E-state index contributed by atoms with van der Waals surface area (Å²) in [5, 5.41) is 0.160. The highest BCUT2D eigenvalue weighted by atomic mass is 35.5. The maximum absolute atomic E-state index is 13.1. The van der Waals surface area contributed by atoms with Crippen molar-refractivity contribution in [1.82, 2.24) is 5.43 Å². The summed E-state index contributed by atoms with van der Waals surface area (Å²) >= 11 is 5.81. The zero-order valence-corrected chi connectivity index (χ0v) is 11.8. The number of hydrazine groups is 1. The van der Waals surface area contributed by atoms with Crippen LogP contribution in [0.2, 0.25) is 5.02 Å². The summed E-state index contributed by atoms with van der Waals surface area (Å²) in [6, 6.07) is 4.99. The predicted molar refractivity (Wildman–Crippen MR) is 74.3 cm³/mol. The van der Waals surface area contributed by atoms with E-state index in [0.29, 0.717) is 11.8 Å². The number of ether oxygens (including phenoxy) is 1. The lowest BCUT2D eigenvalue weighted by Gasteiger charge is -2.35. The third-order valence-corrected chi connectivity index (χ3v) is 4.17. The molecule has 1 fully saturated rings. The van der Waals surface area contributed by atoms with Crippen molar-refractivity contribution in [3.05, 3.63) is 34.6 Å². The van der Waals surface area contributed by atoms with Crippen LogP contribution < -0.4 is 11.3 Å². The zero-order chi connectivity index (χ0) is 13.8. The Morgan fingerprint density at radius 3 is 3.00 bits per heavy atom. The molecule has 0 bridgehead atoms. The molecule has 3 N–H and O–H groups in total. The molecule has 1 aromatic carbocycles. The van der Waals surface area contributed by atoms with E-state index in [9.17, 15) is 4.39 Å². The van der Waals surface area contributed by atoms with Crippen molar-refractivity contribution in [3.8, 4) is 0 Å². The summed E-state index contributed by atoms with van der Waals surface area (Å²) < 4.78 is 18.6. The Labute approximate surface area is 118 Å². The second-order valence-electron chi connectivity index (χ2n) is 5.23. The van der Waals surface area contributed by atoms with E-state index in [1.807, 2.05) is 0 Å². The highest BCUT2D eigenvalue weighted by Gasteiger charge is 2.29. The Balaban J connectivity index is 2.07. The Kier molecular flexibility index (Phi) is 5.16. The Bertz CT molecular complexity index is 430. The van der Waals surface area contributed by atoms with Gasteiger partial charge in [0.2, 0.25) is 0 Å². The smallest absolute Gasteiger partial charge is 0.141 e. The molecule has 106 valence electrons. The molecule has 3 nitrogen and oxygen atoms in total. The van der Waals surface area contributed by atoms with E-state index >= 15 is 0 Å². The van der Waals surface area contributed by atoms with Crippen molar-refractivity contribution in [3.63, 3.8) is 0 Å². The first kappa shape index (κ1) is 14.7. The summed E-state index contributed by atoms with van der Waals surface area (Å²) in [5.41, 5.74) is 3.89. The number of benzene rings is 1. The maximum atomic E-state index is 13.1. The second-order valence-corrected chi connectivity index (χ2v) is 5.64. The number of nitrogens with one attached hydrogen (secondary N) is 1. The van der Waals surface area contributed by atoms with Gasteiger partial charge in [0.05, 0.1) is 5.02 Å². The Hall–Kier alpha value is -0.680. The number of hydrogen-bond acceptors (Lipinski definition) is 3. The SMILES string of the molecule is CC1COCCC1C(Cc1ccc(F)c(Cl)c1)NN. The van der Waals surface area contributed by atoms with Crippen LogP contribution in [0.25, 0.3) is 0 Å². The van der Waals surface area contributed by atoms with Gasteiger partial charge in [-0.2, -0.15) is 0 Å². The average molecular weight is 287 g/mol. The monoisotopic (exact) mass is 286 g/mol. The second kappa shape index (κ2) is 6.66. The van der Waals surface area contributed by atoms with E-state index in [-0.39, 0.29) is 16.9 Å². The van der Waals surface area contributed by atoms with E-state index < -0.39 is 0 Å². The van der Waals surface area contributed by atoms with Gasteiger partial charge in [0.15, 0.2) is 0 Å². The lowest BCUT2D eigenvalue weighted by Crippen LogP contribution is -2.47. The summed E-state index contributed by atoms with van der Waals surface area (Å²) in [5.74, 6) is 6.22. The van der Waals surface area contributed by atoms with Gasteiger partial charge in [-0.05, 0) is 42.4 Å². The first-order chi connectivity index (χ1) is 9.11. The van der Waals surface area contributed by atoms with Gasteiger partial charge < -0.3 is 4.74 Å². The van der Waals surface area contributed by atoms with Crippen molar-refractivity contribution in [2.24, 2.45) is 17.7 Å². The third-order valence-electron chi connectivity index (χ3n) is 3.88. The number of halogens is 2. The molecule has 0 saturated carbocycles. The fourth-order valence-electron chi connectivity index (χ4n) is 2.75. The fraction of sp³-hybridized carbons (Fsp3) is 0.571. The highest BCUT2D eigenvalue weighted by Crippen LogP contribution is 2.27. The van der Waals surface area contributed by atoms with Crippen molar-refractivity contribution >= 4 is 11.6 Å². The first-order valence-electron chi connectivity index (χ1n) is 6.59. The molecule has 5 heteroatoms. The van der Waals surface area contributed by atoms with Crippen LogP contribution in [0.1, 0.15) is 18.9 Å². The number of nitrogens with two attached hydrogens (primary N) is 1. The van der Waals surface area contributed by atoms with Crippen molar-refractivity contribution in [1.29, 1.82) is 0 Å². The minimum absolute atomic E-state index is 0.153. The van der Waals surface area contributed by atoms with Gasteiger partial charge in [-0.3, -0.25) is 11.3 Å². The minimum Gasteiger partial charge on any atom is -0.381 e. The summed E-state index contributed by atoms with van der Waals surface area (Å²) in [6.07, 6.45) is 1.73. The van der Waals surface area contributed by atoms with Gasteiger partial charge in [-0.1, -0.05) is 24.6 Å². The maximum Gasteiger partial charge on any atom is 0.141 e. The van der Waals surface area contributed by atoms with Crippen LogP contribution in [0.15, 0.2) is 18.2 Å². The van der Waals surface area contributed by atoms with Crippen LogP contribution in [0.5, 0.6) is 0 Å². The highest BCUT2D eigenvalue weighted by molar-refractivity contribution is 6.30. The number of hydrogen-bond donors (Lipinski definition) is 2. The van der Waals surface area contributed by atoms with Gasteiger partial charge in [-0.15, -0.1) is 0 Å². The minimum atomic E-state index is -0.387. The largest absolute Gasteiger partial charge is 0.381 e. The van der Waals surface area contributed by atoms with Crippen molar-refractivity contribution in [2.45, 2.75) is 25.8 Å². The molecule has 0 amide bonds. The Morgan fingerprint density at radius 1 is 1.58 bits per heavy atom. The van der Waals surface area contributed by atoms with Gasteiger partial charge >= 0.3 is 0 Å². The van der Waals surface area contributed by atoms with Crippen molar-refractivity contribution < 1.29 is 9.13 Å². The van der Waals surface area contributed by atoms with E-state index in [2.05, 4.69) is 12.3 Å². The zero-order valence-electron chi connectivity index (χ0n) is 11.0. The van der Waals surface area contributed by atoms with E-state index in [1.54, 1.807) is 12.1 Å². The van der Waals surface area contributed by atoms with Crippen LogP contribution in [0.3, 0.4) is 0 Å². The van der Waals surface area contributed by atoms with Gasteiger partial charge in [0, 0.05) is 19.3 Å². The molecule has 0 aliphatic carbocycles. The molecule has 1 saturated heterocycles. The first-order valence-corrected chi connectivity index (χ1v) is 6.97. The molecule has 1 heterocycles. The fourth-order valence-corrected chi connectivity index (χ4v) is 2.95. The average Bonchev–Trinajstić information content (AvgIpc) is 2.41. The van der Waals surface area contributed by atoms with Gasteiger partial charge in [-0.25, -0.2) is 4.39 Å². The molecular weight excluding hydrogens is 267 g/mol. The number of rotatable bonds is 4. The molecule has 3 unspecified atom stereocenters. The molecule has 3 atom stereocenters. The van der Waals surface area contributed by atoms with Gasteiger partial charge in [0.25, 0.3) is 0 Å². The molecule has 2 rings (SSSR count). The van der Waals surface area contributed by atoms with Crippen LogP contribution in [-0.4, -0.2) is 19.3 Å². The predicted octanol–water partition coefficient (Wildman–Crippen LogP) is 2.53. The van der Waals surface area contributed by atoms with E-state index in [1.165, 1.54) is 6.07 Å². The summed E-state index contributed by atoms with van der Waals surface area (Å²) in [6.45, 7) is 3.72. The molecule has 1 aromatic rings. The van der Waals surface area contributed by atoms with Crippen LogP contribution in [0.4, 0.5) is 4.39 Å². The standard InChI is InChI=1S/C14H20ClFN2O/c1-9-8-19-5-4-11(9)14(18-17)7-10-2-3-13(16)12(15)6-10/h2-3,6,9,11,14,18H,4-5,7-8,17H2,1H3. The quantitative estimate of drug-likeness (QED) is 0.660. The Morgan fingerprint density at radius 2 is 2.37 bits per heavy atom. The van der Waals surface area contributed by atoms with Crippen molar-refractivity contribution in [2.75, 3.05) is 13.2 Å². The lowest BCUT2D eigenvalue weighted by molar-refractivity contribution is 0.0109. The molecule has 0 spiro atoms. The molecule has 1 aliphatic heterocycles. The molecule has 0 aromatic heterocycles. The van der Waals surface area contributed by atoms with Crippen LogP contribution >= 0.6 is 11.6 Å². The molecule has 0 radical (unpaired) electrons. The van der Waals surface area contributed by atoms with Gasteiger partial charge in [0.1, 0.15) is 5.82 Å². The third kappa shape index (κ3) is 3.66. The summed E-state index contributed by atoms with van der Waals surface area (Å²) in [4.78, 5) is 0. The molecule has 19 heavy (non-hydrogen) atoms. The molecule has 1 aliphatic rings. The lowest BCUT2D eigenvalue weighted by atomic mass is 9.81. The van der Waals surface area contributed by atoms with Crippen LogP contribution in [0, 0.1) is 17.7 Å². The van der Waals surface area contributed by atoms with E-state index in [0.717, 1.165) is 31.6 Å². The van der Waals surface area contributed by atoms with E-state index in [4.69, 9.17) is 22.2 Å².